The van der Waals surface area contributed by atoms with Crippen molar-refractivity contribution in [3.05, 3.63) is 65.8 Å². The Balaban J connectivity index is 0. The summed E-state index contributed by atoms with van der Waals surface area (Å²) in [5.74, 6) is 1.17. The van der Waals surface area contributed by atoms with Gasteiger partial charge < -0.3 is 4.74 Å². The van der Waals surface area contributed by atoms with Crippen LogP contribution in [-0.4, -0.2) is 18.5 Å². The molecular weight excluding hydrogens is 336 g/mol. The second kappa shape index (κ2) is 17.1. The minimum absolute atomic E-state index is 0.144. The topological polar surface area (TPSA) is 43.4 Å². The van der Waals surface area contributed by atoms with E-state index in [9.17, 15) is 4.79 Å². The van der Waals surface area contributed by atoms with E-state index >= 15 is 0 Å². The fraction of sp³-hybridized carbons (Fsp3) is 0.458. The van der Waals surface area contributed by atoms with E-state index in [2.05, 4.69) is 38.3 Å². The largest absolute Gasteiger partial charge is 0.465 e. The molecule has 0 saturated carbocycles. The number of carbonyl (C=O) groups is 1. The first-order valence-corrected chi connectivity index (χ1v) is 9.62. The molecule has 3 nitrogen and oxygen atoms in total. The molecule has 0 bridgehead atoms. The third-order valence-electron chi connectivity index (χ3n) is 3.90. The molecule has 0 aliphatic heterocycles. The predicted molar refractivity (Wildman–Crippen MR) is 116 cm³/mol. The fourth-order valence-corrected chi connectivity index (χ4v) is 3.01. The van der Waals surface area contributed by atoms with Crippen LogP contribution < -0.4 is 0 Å². The van der Waals surface area contributed by atoms with E-state index in [1.54, 1.807) is 0 Å². The van der Waals surface area contributed by atoms with Gasteiger partial charge in [-0.15, -0.1) is 0 Å². The zero-order chi connectivity index (χ0) is 21.2. The highest BCUT2D eigenvalue weighted by atomic mass is 16.5. The minimum atomic E-state index is -0.227. The first-order chi connectivity index (χ1) is 13.0. The lowest BCUT2D eigenvalue weighted by molar-refractivity contribution is -0.141. The number of allylic oxidation sites excluding steroid dienone is 7. The van der Waals surface area contributed by atoms with Gasteiger partial charge in [-0.25, -0.2) is 4.79 Å². The van der Waals surface area contributed by atoms with Gasteiger partial charge in [-0.1, -0.05) is 69.7 Å². The van der Waals surface area contributed by atoms with Crippen LogP contribution in [0.15, 0.2) is 65.8 Å². The summed E-state index contributed by atoms with van der Waals surface area (Å²) < 4.78 is 5.33. The molecule has 0 fully saturated rings. The van der Waals surface area contributed by atoms with Gasteiger partial charge in [0.1, 0.15) is 12.5 Å². The molecule has 0 saturated heterocycles. The van der Waals surface area contributed by atoms with Crippen LogP contribution in [0.25, 0.3) is 0 Å². The van der Waals surface area contributed by atoms with Gasteiger partial charge in [-0.3, -0.25) is 4.79 Å². The molecule has 0 aromatic rings. The Morgan fingerprint density at radius 2 is 1.85 bits per heavy atom. The van der Waals surface area contributed by atoms with Gasteiger partial charge >= 0.3 is 5.97 Å². The lowest BCUT2D eigenvalue weighted by Crippen LogP contribution is -2.14. The van der Waals surface area contributed by atoms with E-state index in [-0.39, 0.29) is 11.9 Å². The first kappa shape index (κ1) is 26.8. The normalized spacial score (nSPS) is 15.9. The average Bonchev–Trinajstić information content (AvgIpc) is 2.93. The summed E-state index contributed by atoms with van der Waals surface area (Å²) in [6.45, 7) is 18.8. The summed E-state index contributed by atoms with van der Waals surface area (Å²) in [5, 5.41) is 0. The number of esters is 1. The van der Waals surface area contributed by atoms with Crippen molar-refractivity contribution in [3.63, 3.8) is 0 Å². The summed E-state index contributed by atoms with van der Waals surface area (Å²) in [5.41, 5.74) is 5.18. The quantitative estimate of drug-likeness (QED) is 0.284. The second-order valence-electron chi connectivity index (χ2n) is 5.60. The molecule has 1 rings (SSSR count). The third kappa shape index (κ3) is 9.21. The molecule has 150 valence electrons. The predicted octanol–water partition coefficient (Wildman–Crippen LogP) is 6.33. The Hall–Kier alpha value is -2.38. The number of carbonyl (C=O) groups excluding carboxylic acids is 2. The minimum Gasteiger partial charge on any atom is -0.465 e. The van der Waals surface area contributed by atoms with Crippen molar-refractivity contribution in [2.24, 2.45) is 5.92 Å². The van der Waals surface area contributed by atoms with Gasteiger partial charge in [0.2, 0.25) is 0 Å². The SMILES string of the molecule is C=C=O.C=CC1=C(/C=C\C)C(COC(C)=O)C(C/C=C\C)=C1CCC.CC. The van der Waals surface area contributed by atoms with Gasteiger partial charge in [0.05, 0.1) is 0 Å². The molecule has 1 unspecified atom stereocenters. The molecule has 0 aromatic heterocycles. The van der Waals surface area contributed by atoms with Crippen LogP contribution in [0.1, 0.15) is 60.8 Å². The molecule has 0 spiro atoms. The smallest absolute Gasteiger partial charge is 0.302 e. The highest BCUT2D eigenvalue weighted by molar-refractivity contribution is 5.66. The molecule has 0 aromatic carbocycles. The van der Waals surface area contributed by atoms with Gasteiger partial charge in [-0.05, 0) is 50.0 Å². The van der Waals surface area contributed by atoms with Crippen LogP contribution in [0.2, 0.25) is 0 Å². The zero-order valence-electron chi connectivity index (χ0n) is 17.9. The average molecular weight is 373 g/mol. The maximum Gasteiger partial charge on any atom is 0.302 e. The van der Waals surface area contributed by atoms with Crippen LogP contribution >= 0.6 is 0 Å². The third-order valence-corrected chi connectivity index (χ3v) is 3.90. The Morgan fingerprint density at radius 1 is 1.26 bits per heavy atom. The number of ether oxygens (including phenoxy) is 1. The Labute approximate surface area is 165 Å². The summed E-state index contributed by atoms with van der Waals surface area (Å²) >= 11 is 0. The molecule has 27 heavy (non-hydrogen) atoms. The Morgan fingerprint density at radius 3 is 2.26 bits per heavy atom. The van der Waals surface area contributed by atoms with E-state index in [0.29, 0.717) is 6.61 Å². The van der Waals surface area contributed by atoms with Crippen LogP contribution in [0.5, 0.6) is 0 Å². The van der Waals surface area contributed by atoms with Crippen molar-refractivity contribution in [1.82, 2.24) is 0 Å². The van der Waals surface area contributed by atoms with Crippen LogP contribution in [0.3, 0.4) is 0 Å². The maximum absolute atomic E-state index is 11.2. The van der Waals surface area contributed by atoms with Crippen molar-refractivity contribution in [2.45, 2.75) is 60.8 Å². The van der Waals surface area contributed by atoms with Crippen LogP contribution in [0, 0.1) is 5.92 Å². The Kier molecular flexibility index (Phi) is 17.0. The Bertz CT molecular complexity index is 610. The van der Waals surface area contributed by atoms with Crippen molar-refractivity contribution in [2.75, 3.05) is 6.61 Å². The molecular formula is C24H36O3. The summed E-state index contributed by atoms with van der Waals surface area (Å²) in [4.78, 5) is 19.8. The molecule has 1 aliphatic rings. The van der Waals surface area contributed by atoms with E-state index < -0.39 is 0 Å². The van der Waals surface area contributed by atoms with Gasteiger partial charge in [0.25, 0.3) is 0 Å². The number of rotatable bonds is 8. The van der Waals surface area contributed by atoms with Gasteiger partial charge in [0, 0.05) is 12.8 Å². The van der Waals surface area contributed by atoms with Crippen molar-refractivity contribution in [3.8, 4) is 0 Å². The van der Waals surface area contributed by atoms with Crippen LogP contribution in [0.4, 0.5) is 0 Å². The standard InChI is InChI=1S/C20H28O2.C2H2O.C2H6/c1-6-10-13-19-17(11-7-2)16(9-4)18(12-8-3)20(19)14-22-15(5)21;1-2-3;1-2/h6,8-10,12,20H,4,7,11,13-14H2,1-3,5H3;1H2;1-2H3/b10-6-,12-8-;;. The highest BCUT2D eigenvalue weighted by Gasteiger charge is 2.30. The van der Waals surface area contributed by atoms with Crippen molar-refractivity contribution >= 4 is 11.9 Å². The molecule has 0 heterocycles. The second-order valence-corrected chi connectivity index (χ2v) is 5.60. The summed E-state index contributed by atoms with van der Waals surface area (Å²) in [7, 11) is 0. The maximum atomic E-state index is 11.2. The molecule has 0 radical (unpaired) electrons. The summed E-state index contributed by atoms with van der Waals surface area (Å²) in [6.07, 6.45) is 13.4. The monoisotopic (exact) mass is 372 g/mol. The number of hydrogen-bond donors (Lipinski definition) is 0. The van der Waals surface area contributed by atoms with Gasteiger partial charge in [0.15, 0.2) is 0 Å². The van der Waals surface area contributed by atoms with Gasteiger partial charge in [-0.2, -0.15) is 0 Å². The van der Waals surface area contributed by atoms with E-state index in [1.807, 2.05) is 39.8 Å². The molecule has 1 aliphatic carbocycles. The zero-order valence-corrected chi connectivity index (χ0v) is 17.9. The highest BCUT2D eigenvalue weighted by Crippen LogP contribution is 2.42. The molecule has 0 N–H and O–H groups in total. The lowest BCUT2D eigenvalue weighted by Gasteiger charge is -2.17. The number of hydrogen-bond acceptors (Lipinski definition) is 3. The molecule has 1 atom stereocenters. The van der Waals surface area contributed by atoms with E-state index in [0.717, 1.165) is 19.3 Å². The van der Waals surface area contributed by atoms with Crippen molar-refractivity contribution < 1.29 is 14.3 Å². The lowest BCUT2D eigenvalue weighted by atomic mass is 9.92. The van der Waals surface area contributed by atoms with Crippen LogP contribution in [-0.2, 0) is 14.3 Å². The summed E-state index contributed by atoms with van der Waals surface area (Å²) in [6, 6.07) is 0. The van der Waals surface area contributed by atoms with E-state index in [1.165, 1.54) is 35.2 Å². The molecule has 3 heteroatoms. The first-order valence-electron chi connectivity index (χ1n) is 9.62. The van der Waals surface area contributed by atoms with E-state index in [4.69, 9.17) is 9.53 Å². The fourth-order valence-electron chi connectivity index (χ4n) is 3.01. The molecule has 0 amide bonds. The van der Waals surface area contributed by atoms with Crippen molar-refractivity contribution in [1.29, 1.82) is 0 Å².